The zero-order valence-corrected chi connectivity index (χ0v) is 19.8. The van der Waals surface area contributed by atoms with Gasteiger partial charge in [-0.1, -0.05) is 90.4 Å². The van der Waals surface area contributed by atoms with Crippen LogP contribution in [0, 0.1) is 0 Å². The molecule has 0 aliphatic heterocycles. The Bertz CT molecular complexity index is 601. The molecule has 3 N–H and O–H groups in total. The zero-order valence-electron chi connectivity index (χ0n) is 19.8. The molecular formula is C26H44N2O3. The maximum absolute atomic E-state index is 12.0. The normalized spacial score (nSPS) is 11.8. The maximum Gasteiger partial charge on any atom is 0.325 e. The number of hydrogen-bond donors (Lipinski definition) is 3. The van der Waals surface area contributed by atoms with Crippen molar-refractivity contribution in [2.75, 3.05) is 11.9 Å². The number of carboxylic acids is 1. The Morgan fingerprint density at radius 2 is 1.23 bits per heavy atom. The van der Waals surface area contributed by atoms with Gasteiger partial charge in [-0.15, -0.1) is 0 Å². The van der Waals surface area contributed by atoms with Crippen LogP contribution in [-0.2, 0) is 4.79 Å². The van der Waals surface area contributed by atoms with Crippen LogP contribution in [0.2, 0.25) is 0 Å². The number of benzene rings is 1. The second-order valence-corrected chi connectivity index (χ2v) is 8.63. The van der Waals surface area contributed by atoms with Gasteiger partial charge in [-0.05, 0) is 37.6 Å². The molecule has 0 spiro atoms. The van der Waals surface area contributed by atoms with Crippen molar-refractivity contribution in [3.63, 3.8) is 0 Å². The average molecular weight is 433 g/mol. The van der Waals surface area contributed by atoms with Gasteiger partial charge in [-0.2, -0.15) is 0 Å². The van der Waals surface area contributed by atoms with Crippen molar-refractivity contribution >= 4 is 17.6 Å². The highest BCUT2D eigenvalue weighted by Gasteiger charge is 2.14. The van der Waals surface area contributed by atoms with Gasteiger partial charge in [0.1, 0.15) is 6.04 Å². The minimum Gasteiger partial charge on any atom is -0.480 e. The third kappa shape index (κ3) is 13.8. The molecule has 1 aromatic carbocycles. The third-order valence-corrected chi connectivity index (χ3v) is 5.72. The summed E-state index contributed by atoms with van der Waals surface area (Å²) in [6, 6.07) is 6.27. The number of hydrogen-bond acceptors (Lipinski definition) is 3. The number of carbonyl (C=O) groups excluding carboxylic acids is 1. The number of rotatable bonds is 19. The van der Waals surface area contributed by atoms with Gasteiger partial charge in [0.15, 0.2) is 0 Å². The molecule has 0 fully saturated rings. The summed E-state index contributed by atoms with van der Waals surface area (Å²) in [7, 11) is 0. The monoisotopic (exact) mass is 432 g/mol. The van der Waals surface area contributed by atoms with Crippen molar-refractivity contribution in [2.24, 2.45) is 0 Å². The second kappa shape index (κ2) is 17.6. The van der Waals surface area contributed by atoms with E-state index in [1.807, 2.05) is 12.1 Å². The van der Waals surface area contributed by atoms with Gasteiger partial charge in [-0.3, -0.25) is 9.59 Å². The molecule has 1 aromatic rings. The Morgan fingerprint density at radius 1 is 0.774 bits per heavy atom. The standard InChI is InChI=1S/C26H44N2O3/c1-3-4-5-6-7-8-9-10-11-12-13-14-15-16-21-27-24-19-17-23(18-20-24)25(29)28-22(2)26(30)31/h17-20,22,27H,3-16,21H2,1-2H3,(H,28,29)(H,30,31)/t22-/m0/s1. The first-order valence-corrected chi connectivity index (χ1v) is 12.4. The van der Waals surface area contributed by atoms with Gasteiger partial charge >= 0.3 is 5.97 Å². The highest BCUT2D eigenvalue weighted by atomic mass is 16.4. The van der Waals surface area contributed by atoms with Crippen molar-refractivity contribution in [3.8, 4) is 0 Å². The van der Waals surface area contributed by atoms with E-state index < -0.39 is 12.0 Å². The van der Waals surface area contributed by atoms with Crippen LogP contribution >= 0.6 is 0 Å². The molecule has 0 saturated heterocycles. The molecule has 176 valence electrons. The van der Waals surface area contributed by atoms with E-state index in [0.29, 0.717) is 5.56 Å². The molecule has 5 heteroatoms. The lowest BCUT2D eigenvalue weighted by Gasteiger charge is -2.10. The molecule has 0 saturated carbocycles. The van der Waals surface area contributed by atoms with Gasteiger partial charge in [0.05, 0.1) is 0 Å². The summed E-state index contributed by atoms with van der Waals surface area (Å²) in [4.78, 5) is 22.8. The van der Waals surface area contributed by atoms with Crippen LogP contribution in [0.3, 0.4) is 0 Å². The van der Waals surface area contributed by atoms with Crippen LogP contribution in [-0.4, -0.2) is 29.6 Å². The Labute approximate surface area is 189 Å². The van der Waals surface area contributed by atoms with Gasteiger partial charge in [0, 0.05) is 17.8 Å². The van der Waals surface area contributed by atoms with Gasteiger partial charge in [-0.25, -0.2) is 0 Å². The van der Waals surface area contributed by atoms with Crippen LogP contribution in [0.5, 0.6) is 0 Å². The number of carboxylic acid groups (broad SMARTS) is 1. The third-order valence-electron chi connectivity index (χ3n) is 5.72. The van der Waals surface area contributed by atoms with E-state index >= 15 is 0 Å². The lowest BCUT2D eigenvalue weighted by Crippen LogP contribution is -2.38. The number of unbranched alkanes of at least 4 members (excludes halogenated alkanes) is 13. The highest BCUT2D eigenvalue weighted by Crippen LogP contribution is 2.14. The molecule has 0 aliphatic rings. The van der Waals surface area contributed by atoms with Crippen molar-refractivity contribution in [1.82, 2.24) is 5.32 Å². The molecule has 0 radical (unpaired) electrons. The van der Waals surface area contributed by atoms with E-state index in [1.54, 1.807) is 12.1 Å². The van der Waals surface area contributed by atoms with Crippen molar-refractivity contribution in [2.45, 2.75) is 110 Å². The fourth-order valence-electron chi connectivity index (χ4n) is 3.63. The first-order chi connectivity index (χ1) is 15.0. The summed E-state index contributed by atoms with van der Waals surface area (Å²) in [5.74, 6) is -1.41. The van der Waals surface area contributed by atoms with Gasteiger partial charge in [0.25, 0.3) is 5.91 Å². The molecule has 0 aliphatic carbocycles. The first kappa shape index (κ1) is 27.0. The van der Waals surface area contributed by atoms with E-state index in [-0.39, 0.29) is 5.91 Å². The molecule has 1 amide bonds. The Hall–Kier alpha value is -2.04. The molecule has 5 nitrogen and oxygen atoms in total. The Balaban J connectivity index is 1.97. The minimum atomic E-state index is -1.04. The van der Waals surface area contributed by atoms with E-state index in [0.717, 1.165) is 18.7 Å². The summed E-state index contributed by atoms with van der Waals surface area (Å²) in [5, 5.41) is 14.7. The van der Waals surface area contributed by atoms with E-state index in [4.69, 9.17) is 5.11 Å². The van der Waals surface area contributed by atoms with Crippen LogP contribution in [0.4, 0.5) is 5.69 Å². The molecule has 0 unspecified atom stereocenters. The van der Waals surface area contributed by atoms with Crippen molar-refractivity contribution in [1.29, 1.82) is 0 Å². The first-order valence-electron chi connectivity index (χ1n) is 12.4. The van der Waals surface area contributed by atoms with E-state index in [2.05, 4.69) is 17.6 Å². The molecule has 0 heterocycles. The van der Waals surface area contributed by atoms with Crippen molar-refractivity contribution in [3.05, 3.63) is 29.8 Å². The average Bonchev–Trinajstić information content (AvgIpc) is 2.76. The lowest BCUT2D eigenvalue weighted by molar-refractivity contribution is -0.138. The predicted octanol–water partition coefficient (Wildman–Crippen LogP) is 6.78. The summed E-state index contributed by atoms with van der Waals surface area (Å²) < 4.78 is 0. The number of anilines is 1. The topological polar surface area (TPSA) is 78.4 Å². The molecule has 1 rings (SSSR count). The molecule has 0 aromatic heterocycles. The lowest BCUT2D eigenvalue weighted by atomic mass is 10.0. The molecular weight excluding hydrogens is 388 g/mol. The number of aliphatic carboxylic acids is 1. The largest absolute Gasteiger partial charge is 0.480 e. The Morgan fingerprint density at radius 3 is 1.68 bits per heavy atom. The van der Waals surface area contributed by atoms with Crippen LogP contribution in [0.1, 0.15) is 114 Å². The second-order valence-electron chi connectivity index (χ2n) is 8.63. The van der Waals surface area contributed by atoms with E-state index in [1.165, 1.54) is 90.4 Å². The van der Waals surface area contributed by atoms with Gasteiger partial charge < -0.3 is 15.7 Å². The summed E-state index contributed by atoms with van der Waals surface area (Å²) >= 11 is 0. The summed E-state index contributed by atoms with van der Waals surface area (Å²) in [5.41, 5.74) is 1.45. The maximum atomic E-state index is 12.0. The molecule has 31 heavy (non-hydrogen) atoms. The minimum absolute atomic E-state index is 0.367. The zero-order chi connectivity index (χ0) is 22.7. The number of carbonyl (C=O) groups is 2. The van der Waals surface area contributed by atoms with Gasteiger partial charge in [0.2, 0.25) is 0 Å². The predicted molar refractivity (Wildman–Crippen MR) is 130 cm³/mol. The highest BCUT2D eigenvalue weighted by molar-refractivity contribution is 5.96. The molecule has 1 atom stereocenters. The Kier molecular flexibility index (Phi) is 15.3. The summed E-state index contributed by atoms with van der Waals surface area (Å²) in [6.07, 6.45) is 19.0. The number of nitrogens with one attached hydrogen (secondary N) is 2. The summed E-state index contributed by atoms with van der Waals surface area (Å²) in [6.45, 7) is 4.65. The quantitative estimate of drug-likeness (QED) is 0.210. The molecule has 0 bridgehead atoms. The van der Waals surface area contributed by atoms with E-state index in [9.17, 15) is 9.59 Å². The van der Waals surface area contributed by atoms with Crippen LogP contribution in [0.25, 0.3) is 0 Å². The van der Waals surface area contributed by atoms with Crippen molar-refractivity contribution < 1.29 is 14.7 Å². The number of amides is 1. The van der Waals surface area contributed by atoms with Crippen LogP contribution in [0.15, 0.2) is 24.3 Å². The fourth-order valence-corrected chi connectivity index (χ4v) is 3.63. The van der Waals surface area contributed by atoms with Crippen LogP contribution < -0.4 is 10.6 Å². The fraction of sp³-hybridized carbons (Fsp3) is 0.692. The smallest absolute Gasteiger partial charge is 0.325 e. The SMILES string of the molecule is CCCCCCCCCCCCCCCCNc1ccc(C(=O)N[C@@H](C)C(=O)O)cc1.